The van der Waals surface area contributed by atoms with Crippen molar-refractivity contribution in [1.29, 1.82) is 0 Å². The lowest BCUT2D eigenvalue weighted by Crippen LogP contribution is -2.43. The fraction of sp³-hybridized carbons (Fsp3) is 0.545. The van der Waals surface area contributed by atoms with Gasteiger partial charge in [-0.1, -0.05) is 32.0 Å². The second kappa shape index (κ2) is 8.70. The van der Waals surface area contributed by atoms with E-state index in [0.29, 0.717) is 13.0 Å². The van der Waals surface area contributed by atoms with Gasteiger partial charge in [0.1, 0.15) is 0 Å². The minimum atomic E-state index is 0.0759. The Kier molecular flexibility index (Phi) is 6.32. The normalized spacial score (nSPS) is 20.6. The van der Waals surface area contributed by atoms with Crippen LogP contribution in [0.1, 0.15) is 37.2 Å². The largest absolute Gasteiger partial charge is 0.355 e. The van der Waals surface area contributed by atoms with Crippen LogP contribution in [0.15, 0.2) is 30.3 Å². The van der Waals surface area contributed by atoms with Crippen molar-refractivity contribution >= 4 is 5.91 Å². The van der Waals surface area contributed by atoms with Gasteiger partial charge in [0, 0.05) is 37.4 Å². The number of likely N-dealkylation sites (tertiary alicyclic amines) is 1. The van der Waals surface area contributed by atoms with Crippen molar-refractivity contribution in [3.8, 4) is 5.69 Å². The van der Waals surface area contributed by atoms with Crippen LogP contribution < -0.4 is 5.32 Å². The van der Waals surface area contributed by atoms with Gasteiger partial charge in [-0.25, -0.2) is 4.68 Å². The van der Waals surface area contributed by atoms with Crippen molar-refractivity contribution in [2.75, 3.05) is 26.2 Å². The quantitative estimate of drug-likeness (QED) is 0.852. The van der Waals surface area contributed by atoms with Gasteiger partial charge in [-0.2, -0.15) is 5.10 Å². The van der Waals surface area contributed by atoms with E-state index in [4.69, 9.17) is 0 Å². The van der Waals surface area contributed by atoms with E-state index in [0.717, 1.165) is 54.1 Å². The summed E-state index contributed by atoms with van der Waals surface area (Å²) in [5.74, 6) is 1.57. The molecule has 1 amide bonds. The number of nitrogens with one attached hydrogen (secondary N) is 1. The summed E-state index contributed by atoms with van der Waals surface area (Å²) in [4.78, 5) is 14.9. The molecule has 0 aliphatic carbocycles. The van der Waals surface area contributed by atoms with Crippen LogP contribution in [0.2, 0.25) is 0 Å². The van der Waals surface area contributed by atoms with Gasteiger partial charge in [0.25, 0.3) is 0 Å². The Morgan fingerprint density at radius 1 is 1.15 bits per heavy atom. The summed E-state index contributed by atoms with van der Waals surface area (Å²) in [6, 6.07) is 10.1. The first-order chi connectivity index (χ1) is 12.9. The lowest BCUT2D eigenvalue weighted by atomic mass is 9.92. The minimum Gasteiger partial charge on any atom is -0.355 e. The summed E-state index contributed by atoms with van der Waals surface area (Å²) in [7, 11) is 0. The van der Waals surface area contributed by atoms with Crippen LogP contribution in [-0.2, 0) is 11.2 Å². The maximum absolute atomic E-state index is 12.5. The number of hydrogen-bond acceptors (Lipinski definition) is 3. The maximum Gasteiger partial charge on any atom is 0.224 e. The SMILES string of the molecule is Cc1nn(-c2ccccc2)c(C)c1CC(=O)NCCN1CC(C)CC(C)C1. The Morgan fingerprint density at radius 3 is 2.48 bits per heavy atom. The molecule has 0 bridgehead atoms. The number of para-hydroxylation sites is 1. The van der Waals surface area contributed by atoms with Crippen molar-refractivity contribution in [1.82, 2.24) is 20.0 Å². The highest BCUT2D eigenvalue weighted by Gasteiger charge is 2.21. The molecule has 1 aliphatic rings. The number of aromatic nitrogens is 2. The zero-order chi connectivity index (χ0) is 19.4. The van der Waals surface area contributed by atoms with Gasteiger partial charge in [0.15, 0.2) is 0 Å². The molecule has 1 aliphatic heterocycles. The molecule has 1 aromatic heterocycles. The molecule has 2 unspecified atom stereocenters. The van der Waals surface area contributed by atoms with Crippen molar-refractivity contribution in [2.45, 2.75) is 40.5 Å². The van der Waals surface area contributed by atoms with Gasteiger partial charge in [-0.15, -0.1) is 0 Å². The second-order valence-electron chi connectivity index (χ2n) is 8.13. The van der Waals surface area contributed by atoms with Gasteiger partial charge >= 0.3 is 0 Å². The van der Waals surface area contributed by atoms with Gasteiger partial charge in [-0.05, 0) is 44.2 Å². The molecular weight excluding hydrogens is 336 g/mol. The molecule has 5 nitrogen and oxygen atoms in total. The lowest BCUT2D eigenvalue weighted by molar-refractivity contribution is -0.120. The van der Waals surface area contributed by atoms with Crippen LogP contribution >= 0.6 is 0 Å². The molecule has 1 saturated heterocycles. The Hall–Kier alpha value is -2.14. The zero-order valence-electron chi connectivity index (χ0n) is 17.0. The average molecular weight is 369 g/mol. The monoisotopic (exact) mass is 368 g/mol. The molecule has 27 heavy (non-hydrogen) atoms. The molecule has 1 N–H and O–H groups in total. The number of piperidine rings is 1. The first-order valence-corrected chi connectivity index (χ1v) is 10.0. The number of nitrogens with zero attached hydrogens (tertiary/aromatic N) is 3. The number of aryl methyl sites for hydroxylation is 1. The molecule has 0 spiro atoms. The van der Waals surface area contributed by atoms with Crippen LogP contribution in [0.4, 0.5) is 0 Å². The standard InChI is InChI=1S/C22H32N4O/c1-16-12-17(2)15-25(14-16)11-10-23-22(27)13-21-18(3)24-26(19(21)4)20-8-6-5-7-9-20/h5-9,16-17H,10-15H2,1-4H3,(H,23,27). The third-order valence-corrected chi connectivity index (χ3v) is 5.47. The zero-order valence-corrected chi connectivity index (χ0v) is 17.0. The summed E-state index contributed by atoms with van der Waals surface area (Å²) in [6.45, 7) is 12.6. The smallest absolute Gasteiger partial charge is 0.224 e. The van der Waals surface area contributed by atoms with E-state index < -0.39 is 0 Å². The molecule has 0 saturated carbocycles. The van der Waals surface area contributed by atoms with E-state index in [1.807, 2.05) is 48.9 Å². The predicted molar refractivity (Wildman–Crippen MR) is 109 cm³/mol. The summed E-state index contributed by atoms with van der Waals surface area (Å²) < 4.78 is 1.93. The van der Waals surface area contributed by atoms with Crippen LogP contribution in [-0.4, -0.2) is 46.8 Å². The Balaban J connectivity index is 1.55. The molecule has 2 aromatic rings. The molecule has 1 fully saturated rings. The van der Waals surface area contributed by atoms with Crippen LogP contribution in [0.5, 0.6) is 0 Å². The lowest BCUT2D eigenvalue weighted by Gasteiger charge is -2.34. The fourth-order valence-electron chi connectivity index (χ4n) is 4.30. The summed E-state index contributed by atoms with van der Waals surface area (Å²) in [6.07, 6.45) is 1.70. The predicted octanol–water partition coefficient (Wildman–Crippen LogP) is 3.13. The molecule has 1 aromatic carbocycles. The molecule has 146 valence electrons. The number of rotatable bonds is 6. The summed E-state index contributed by atoms with van der Waals surface area (Å²) in [5, 5.41) is 7.73. The second-order valence-corrected chi connectivity index (χ2v) is 8.13. The number of amides is 1. The maximum atomic E-state index is 12.5. The Bertz CT molecular complexity index is 758. The topological polar surface area (TPSA) is 50.2 Å². The highest BCUT2D eigenvalue weighted by molar-refractivity contribution is 5.79. The summed E-state index contributed by atoms with van der Waals surface area (Å²) >= 11 is 0. The van der Waals surface area contributed by atoms with Crippen LogP contribution in [0, 0.1) is 25.7 Å². The van der Waals surface area contributed by atoms with Crippen molar-refractivity contribution in [2.24, 2.45) is 11.8 Å². The molecule has 2 heterocycles. The molecule has 0 radical (unpaired) electrons. The van der Waals surface area contributed by atoms with E-state index in [9.17, 15) is 4.79 Å². The van der Waals surface area contributed by atoms with Crippen molar-refractivity contribution in [3.63, 3.8) is 0 Å². The van der Waals surface area contributed by atoms with E-state index in [1.54, 1.807) is 0 Å². The fourth-order valence-corrected chi connectivity index (χ4v) is 4.30. The molecular formula is C22H32N4O. The van der Waals surface area contributed by atoms with Crippen LogP contribution in [0.3, 0.4) is 0 Å². The molecule has 2 atom stereocenters. The van der Waals surface area contributed by atoms with E-state index in [1.165, 1.54) is 6.42 Å². The first kappa shape index (κ1) is 19.6. The number of benzene rings is 1. The Morgan fingerprint density at radius 2 is 1.81 bits per heavy atom. The number of hydrogen-bond donors (Lipinski definition) is 1. The molecule has 3 rings (SSSR count). The number of carbonyl (C=O) groups excluding carboxylic acids is 1. The molecule has 5 heteroatoms. The van der Waals surface area contributed by atoms with Crippen molar-refractivity contribution < 1.29 is 4.79 Å². The highest BCUT2D eigenvalue weighted by atomic mass is 16.1. The average Bonchev–Trinajstić information content (AvgIpc) is 2.90. The van der Waals surface area contributed by atoms with Crippen LogP contribution in [0.25, 0.3) is 5.69 Å². The number of carbonyl (C=O) groups is 1. The first-order valence-electron chi connectivity index (χ1n) is 10.0. The van der Waals surface area contributed by atoms with Gasteiger partial charge in [0.2, 0.25) is 5.91 Å². The van der Waals surface area contributed by atoms with Gasteiger partial charge < -0.3 is 10.2 Å². The van der Waals surface area contributed by atoms with E-state index >= 15 is 0 Å². The Labute approximate surface area is 162 Å². The third kappa shape index (κ3) is 4.98. The summed E-state index contributed by atoms with van der Waals surface area (Å²) in [5.41, 5.74) is 4.01. The minimum absolute atomic E-state index is 0.0759. The van der Waals surface area contributed by atoms with Crippen molar-refractivity contribution in [3.05, 3.63) is 47.3 Å². The van der Waals surface area contributed by atoms with E-state index in [2.05, 4.69) is 29.2 Å². The van der Waals surface area contributed by atoms with Gasteiger partial charge in [0.05, 0.1) is 17.8 Å². The van der Waals surface area contributed by atoms with Gasteiger partial charge in [-0.3, -0.25) is 4.79 Å². The third-order valence-electron chi connectivity index (χ3n) is 5.47. The highest BCUT2D eigenvalue weighted by Crippen LogP contribution is 2.20. The van der Waals surface area contributed by atoms with E-state index in [-0.39, 0.29) is 5.91 Å².